The van der Waals surface area contributed by atoms with Crippen LogP contribution in [-0.2, 0) is 7.05 Å². The second-order valence-electron chi connectivity index (χ2n) is 4.34. The maximum atomic E-state index is 5.59. The van der Waals surface area contributed by atoms with Crippen LogP contribution in [-0.4, -0.2) is 9.55 Å². The monoisotopic (exact) mass is 196 g/mol. The van der Waals surface area contributed by atoms with Gasteiger partial charge in [-0.3, -0.25) is 5.84 Å². The SMILES string of the molecule is CCC(C)(C)C(NN)c1nccn1C. The highest BCUT2D eigenvalue weighted by Gasteiger charge is 2.30. The number of rotatable bonds is 4. The zero-order valence-corrected chi connectivity index (χ0v) is 9.41. The van der Waals surface area contributed by atoms with E-state index in [-0.39, 0.29) is 11.5 Å². The molecule has 1 rings (SSSR count). The zero-order valence-electron chi connectivity index (χ0n) is 9.41. The fourth-order valence-electron chi connectivity index (χ4n) is 1.51. The average molecular weight is 196 g/mol. The molecule has 1 unspecified atom stereocenters. The normalized spacial score (nSPS) is 14.4. The van der Waals surface area contributed by atoms with Crippen LogP contribution in [0.2, 0.25) is 0 Å². The number of aryl methyl sites for hydroxylation is 1. The molecule has 0 bridgehead atoms. The molecular weight excluding hydrogens is 176 g/mol. The van der Waals surface area contributed by atoms with E-state index in [1.165, 1.54) is 0 Å². The molecule has 1 aromatic rings. The van der Waals surface area contributed by atoms with E-state index in [9.17, 15) is 0 Å². The first-order chi connectivity index (χ1) is 6.53. The fourth-order valence-corrected chi connectivity index (χ4v) is 1.51. The summed E-state index contributed by atoms with van der Waals surface area (Å²) in [4.78, 5) is 4.32. The predicted molar refractivity (Wildman–Crippen MR) is 57.3 cm³/mol. The molecule has 0 aromatic carbocycles. The summed E-state index contributed by atoms with van der Waals surface area (Å²) >= 11 is 0. The molecule has 0 amide bonds. The van der Waals surface area contributed by atoms with Crippen molar-refractivity contribution in [3.8, 4) is 0 Å². The lowest BCUT2D eigenvalue weighted by atomic mass is 9.81. The summed E-state index contributed by atoms with van der Waals surface area (Å²) in [7, 11) is 1.98. The third-order valence-corrected chi connectivity index (χ3v) is 2.98. The Hall–Kier alpha value is -0.870. The summed E-state index contributed by atoms with van der Waals surface area (Å²) in [5.41, 5.74) is 2.96. The van der Waals surface area contributed by atoms with Gasteiger partial charge in [-0.2, -0.15) is 0 Å². The van der Waals surface area contributed by atoms with Crippen molar-refractivity contribution in [1.29, 1.82) is 0 Å². The Labute approximate surface area is 85.5 Å². The van der Waals surface area contributed by atoms with E-state index in [0.717, 1.165) is 12.2 Å². The van der Waals surface area contributed by atoms with E-state index >= 15 is 0 Å². The Morgan fingerprint density at radius 1 is 1.64 bits per heavy atom. The number of nitrogens with one attached hydrogen (secondary N) is 1. The molecule has 0 fully saturated rings. The molecule has 4 nitrogen and oxygen atoms in total. The van der Waals surface area contributed by atoms with Gasteiger partial charge < -0.3 is 4.57 Å². The molecule has 4 heteroatoms. The van der Waals surface area contributed by atoms with Gasteiger partial charge in [0.15, 0.2) is 0 Å². The van der Waals surface area contributed by atoms with E-state index in [0.29, 0.717) is 0 Å². The molecule has 0 saturated carbocycles. The first-order valence-electron chi connectivity index (χ1n) is 4.96. The molecule has 0 radical (unpaired) electrons. The average Bonchev–Trinajstić information content (AvgIpc) is 2.53. The first-order valence-corrected chi connectivity index (χ1v) is 4.96. The van der Waals surface area contributed by atoms with Gasteiger partial charge in [-0.15, -0.1) is 0 Å². The summed E-state index contributed by atoms with van der Waals surface area (Å²) in [6, 6.07) is 0.0903. The second kappa shape index (κ2) is 4.11. The van der Waals surface area contributed by atoms with Crippen LogP contribution in [0, 0.1) is 5.41 Å². The van der Waals surface area contributed by atoms with Crippen molar-refractivity contribution in [2.45, 2.75) is 33.2 Å². The van der Waals surface area contributed by atoms with Crippen molar-refractivity contribution in [2.24, 2.45) is 18.3 Å². The minimum Gasteiger partial charge on any atom is -0.337 e. The summed E-state index contributed by atoms with van der Waals surface area (Å²) in [6.07, 6.45) is 4.78. The van der Waals surface area contributed by atoms with Crippen LogP contribution in [0.5, 0.6) is 0 Å². The number of hydrazine groups is 1. The Balaban J connectivity index is 2.99. The smallest absolute Gasteiger partial charge is 0.127 e. The number of hydrogen-bond donors (Lipinski definition) is 2. The molecule has 0 aliphatic carbocycles. The maximum absolute atomic E-state index is 5.59. The molecular formula is C10H20N4. The Kier molecular flexibility index (Phi) is 3.29. The molecule has 80 valence electrons. The van der Waals surface area contributed by atoms with Gasteiger partial charge in [0, 0.05) is 19.4 Å². The minimum absolute atomic E-state index is 0.0903. The molecule has 0 saturated heterocycles. The number of nitrogens with two attached hydrogens (primary N) is 1. The standard InChI is InChI=1S/C10H20N4/c1-5-10(2,3)8(13-11)9-12-6-7-14(9)4/h6-8,13H,5,11H2,1-4H3. The molecule has 1 aromatic heterocycles. The molecule has 1 atom stereocenters. The highest BCUT2D eigenvalue weighted by atomic mass is 15.3. The third-order valence-electron chi connectivity index (χ3n) is 2.98. The second-order valence-corrected chi connectivity index (χ2v) is 4.34. The van der Waals surface area contributed by atoms with Gasteiger partial charge in [0.05, 0.1) is 6.04 Å². The summed E-state index contributed by atoms with van der Waals surface area (Å²) < 4.78 is 2.00. The molecule has 1 heterocycles. The lowest BCUT2D eigenvalue weighted by molar-refractivity contribution is 0.223. The predicted octanol–water partition coefficient (Wildman–Crippen LogP) is 1.36. The lowest BCUT2D eigenvalue weighted by Gasteiger charge is -2.32. The van der Waals surface area contributed by atoms with Crippen molar-refractivity contribution < 1.29 is 0 Å². The van der Waals surface area contributed by atoms with Crippen molar-refractivity contribution in [3.63, 3.8) is 0 Å². The van der Waals surface area contributed by atoms with Gasteiger partial charge in [0.25, 0.3) is 0 Å². The van der Waals surface area contributed by atoms with Crippen molar-refractivity contribution >= 4 is 0 Å². The Morgan fingerprint density at radius 3 is 2.64 bits per heavy atom. The minimum atomic E-state index is 0.0903. The zero-order chi connectivity index (χ0) is 10.8. The topological polar surface area (TPSA) is 55.9 Å². The van der Waals surface area contributed by atoms with E-state index in [1.807, 2.05) is 17.8 Å². The van der Waals surface area contributed by atoms with Gasteiger partial charge in [0.1, 0.15) is 5.82 Å². The van der Waals surface area contributed by atoms with Crippen LogP contribution in [0.4, 0.5) is 0 Å². The summed E-state index contributed by atoms with van der Waals surface area (Å²) in [5, 5.41) is 0. The molecule has 3 N–H and O–H groups in total. The Morgan fingerprint density at radius 2 is 2.29 bits per heavy atom. The van der Waals surface area contributed by atoms with Crippen LogP contribution in [0.15, 0.2) is 12.4 Å². The van der Waals surface area contributed by atoms with Crippen molar-refractivity contribution in [3.05, 3.63) is 18.2 Å². The number of nitrogens with zero attached hydrogens (tertiary/aromatic N) is 2. The first kappa shape index (κ1) is 11.2. The van der Waals surface area contributed by atoms with Crippen LogP contribution < -0.4 is 11.3 Å². The number of imidazole rings is 1. The van der Waals surface area contributed by atoms with E-state index in [2.05, 4.69) is 31.2 Å². The van der Waals surface area contributed by atoms with Crippen LogP contribution >= 0.6 is 0 Å². The lowest BCUT2D eigenvalue weighted by Crippen LogP contribution is -2.39. The van der Waals surface area contributed by atoms with Crippen molar-refractivity contribution in [2.75, 3.05) is 0 Å². The van der Waals surface area contributed by atoms with E-state index in [4.69, 9.17) is 5.84 Å². The number of aromatic nitrogens is 2. The molecule has 14 heavy (non-hydrogen) atoms. The number of hydrogen-bond acceptors (Lipinski definition) is 3. The largest absolute Gasteiger partial charge is 0.337 e. The third kappa shape index (κ3) is 1.96. The quantitative estimate of drug-likeness (QED) is 0.564. The van der Waals surface area contributed by atoms with Crippen LogP contribution in [0.25, 0.3) is 0 Å². The molecule has 0 spiro atoms. The van der Waals surface area contributed by atoms with Gasteiger partial charge in [-0.25, -0.2) is 10.4 Å². The van der Waals surface area contributed by atoms with Crippen molar-refractivity contribution in [1.82, 2.24) is 15.0 Å². The summed E-state index contributed by atoms with van der Waals surface area (Å²) in [5.74, 6) is 6.58. The molecule has 0 aliphatic rings. The van der Waals surface area contributed by atoms with Gasteiger partial charge in [0.2, 0.25) is 0 Å². The highest BCUT2D eigenvalue weighted by molar-refractivity contribution is 5.03. The van der Waals surface area contributed by atoms with E-state index in [1.54, 1.807) is 6.20 Å². The highest BCUT2D eigenvalue weighted by Crippen LogP contribution is 2.34. The maximum Gasteiger partial charge on any atom is 0.127 e. The molecule has 0 aliphatic heterocycles. The van der Waals surface area contributed by atoms with Gasteiger partial charge >= 0.3 is 0 Å². The van der Waals surface area contributed by atoms with Gasteiger partial charge in [-0.05, 0) is 11.8 Å². The van der Waals surface area contributed by atoms with Crippen LogP contribution in [0.1, 0.15) is 39.1 Å². The van der Waals surface area contributed by atoms with Gasteiger partial charge in [-0.1, -0.05) is 20.8 Å². The fraction of sp³-hybridized carbons (Fsp3) is 0.700. The van der Waals surface area contributed by atoms with E-state index < -0.39 is 0 Å². The Bertz CT molecular complexity index is 290. The summed E-state index contributed by atoms with van der Waals surface area (Å²) in [6.45, 7) is 6.53. The van der Waals surface area contributed by atoms with Crippen LogP contribution in [0.3, 0.4) is 0 Å².